The van der Waals surface area contributed by atoms with E-state index in [1.165, 1.54) is 18.4 Å². The third kappa shape index (κ3) is 2.18. The predicted octanol–water partition coefficient (Wildman–Crippen LogP) is 2.75. The van der Waals surface area contributed by atoms with E-state index in [9.17, 15) is 0 Å². The van der Waals surface area contributed by atoms with Crippen LogP contribution in [0.4, 0.5) is 0 Å². The summed E-state index contributed by atoms with van der Waals surface area (Å²) in [6.07, 6.45) is 4.62. The average molecular weight is 298 g/mol. The van der Waals surface area contributed by atoms with Crippen molar-refractivity contribution in [3.63, 3.8) is 0 Å². The van der Waals surface area contributed by atoms with Crippen LogP contribution in [0.15, 0.2) is 24.4 Å². The molecule has 0 N–H and O–H groups in total. The summed E-state index contributed by atoms with van der Waals surface area (Å²) in [6, 6.07) is 6.31. The normalized spacial score (nSPS) is 23.4. The fourth-order valence-electron chi connectivity index (χ4n) is 2.99. The number of hydrogen-bond donors (Lipinski definition) is 0. The summed E-state index contributed by atoms with van der Waals surface area (Å²) in [5.74, 6) is 0.809. The largest absolute Gasteiger partial charge is 0.495 e. The van der Waals surface area contributed by atoms with E-state index >= 15 is 0 Å². The molecule has 2 aromatic rings. The Bertz CT molecular complexity index is 703. The highest BCUT2D eigenvalue weighted by Gasteiger charge is 2.52. The van der Waals surface area contributed by atoms with Crippen molar-refractivity contribution in [2.45, 2.75) is 58.3 Å². The zero-order valence-electron chi connectivity index (χ0n) is 13.8. The summed E-state index contributed by atoms with van der Waals surface area (Å²) in [5.41, 5.74) is 1.63. The lowest BCUT2D eigenvalue weighted by molar-refractivity contribution is 0.00578. The molecule has 116 valence electrons. The Morgan fingerprint density at radius 2 is 1.86 bits per heavy atom. The van der Waals surface area contributed by atoms with Gasteiger partial charge in [-0.2, -0.15) is 5.10 Å². The van der Waals surface area contributed by atoms with E-state index in [1.807, 2.05) is 6.20 Å². The van der Waals surface area contributed by atoms with Gasteiger partial charge in [0.25, 0.3) is 0 Å². The summed E-state index contributed by atoms with van der Waals surface area (Å²) in [4.78, 5) is 0. The molecule has 4 nitrogen and oxygen atoms in total. The van der Waals surface area contributed by atoms with Crippen LogP contribution in [0.5, 0.6) is 0 Å². The standard InChI is InChI=1S/C17H23BN2O2/c1-16(2)17(3,4)22-18(21-16)14-6-5-7-15-13(14)10-19-20(15)11-12-8-9-12/h5-7,10,12H,8-9,11H2,1-4H3. The van der Waals surface area contributed by atoms with E-state index in [0.29, 0.717) is 0 Å². The molecule has 0 bridgehead atoms. The van der Waals surface area contributed by atoms with Crippen molar-refractivity contribution < 1.29 is 9.31 Å². The minimum Gasteiger partial charge on any atom is -0.399 e. The molecule has 4 rings (SSSR count). The van der Waals surface area contributed by atoms with Gasteiger partial charge >= 0.3 is 7.12 Å². The number of rotatable bonds is 3. The lowest BCUT2D eigenvalue weighted by atomic mass is 9.77. The molecule has 0 spiro atoms. The Hall–Kier alpha value is -1.33. The molecule has 2 fully saturated rings. The van der Waals surface area contributed by atoms with Gasteiger partial charge < -0.3 is 9.31 Å². The van der Waals surface area contributed by atoms with E-state index < -0.39 is 0 Å². The fraction of sp³-hybridized carbons (Fsp3) is 0.588. The Kier molecular flexibility index (Phi) is 2.98. The average Bonchev–Trinajstić information content (AvgIpc) is 3.11. The monoisotopic (exact) mass is 298 g/mol. The second-order valence-corrected chi connectivity index (χ2v) is 7.64. The van der Waals surface area contributed by atoms with Crippen LogP contribution in [-0.2, 0) is 15.9 Å². The lowest BCUT2D eigenvalue weighted by Gasteiger charge is -2.32. The van der Waals surface area contributed by atoms with E-state index in [0.717, 1.165) is 23.3 Å². The molecule has 1 aromatic heterocycles. The van der Waals surface area contributed by atoms with Crippen molar-refractivity contribution >= 4 is 23.5 Å². The van der Waals surface area contributed by atoms with Crippen LogP contribution >= 0.6 is 0 Å². The molecule has 5 heteroatoms. The van der Waals surface area contributed by atoms with Gasteiger partial charge in [0.1, 0.15) is 0 Å². The van der Waals surface area contributed by atoms with Gasteiger partial charge in [-0.1, -0.05) is 12.1 Å². The number of hydrogen-bond acceptors (Lipinski definition) is 3. The number of nitrogens with zero attached hydrogens (tertiary/aromatic N) is 2. The molecule has 1 aliphatic carbocycles. The zero-order chi connectivity index (χ0) is 15.5. The van der Waals surface area contributed by atoms with Crippen LogP contribution in [0, 0.1) is 5.92 Å². The van der Waals surface area contributed by atoms with Crippen molar-refractivity contribution in [2.24, 2.45) is 5.92 Å². The highest BCUT2D eigenvalue weighted by atomic mass is 16.7. The Labute approximate surface area is 131 Å². The molecule has 0 unspecified atom stereocenters. The molecule has 22 heavy (non-hydrogen) atoms. The van der Waals surface area contributed by atoms with E-state index in [1.54, 1.807) is 0 Å². The number of fused-ring (bicyclic) bond motifs is 1. The van der Waals surface area contributed by atoms with Crippen LogP contribution in [0.3, 0.4) is 0 Å². The Morgan fingerprint density at radius 3 is 2.50 bits per heavy atom. The van der Waals surface area contributed by atoms with Crippen LogP contribution in [-0.4, -0.2) is 28.1 Å². The van der Waals surface area contributed by atoms with Crippen molar-refractivity contribution in [3.8, 4) is 0 Å². The van der Waals surface area contributed by atoms with Gasteiger partial charge in [-0.25, -0.2) is 0 Å². The van der Waals surface area contributed by atoms with Gasteiger partial charge in [-0.15, -0.1) is 0 Å². The molecule has 1 aliphatic heterocycles. The van der Waals surface area contributed by atoms with Gasteiger partial charge in [-0.3, -0.25) is 4.68 Å². The summed E-state index contributed by atoms with van der Waals surface area (Å²) in [7, 11) is -0.327. The fourth-order valence-corrected chi connectivity index (χ4v) is 2.99. The third-order valence-electron chi connectivity index (χ3n) is 5.36. The first-order chi connectivity index (χ1) is 10.4. The molecule has 1 saturated carbocycles. The second-order valence-electron chi connectivity index (χ2n) is 7.64. The topological polar surface area (TPSA) is 36.3 Å². The maximum Gasteiger partial charge on any atom is 0.495 e. The predicted molar refractivity (Wildman–Crippen MR) is 88.2 cm³/mol. The molecule has 0 radical (unpaired) electrons. The first kappa shape index (κ1) is 14.3. The second kappa shape index (κ2) is 4.59. The van der Waals surface area contributed by atoms with Gasteiger partial charge in [0.15, 0.2) is 0 Å². The van der Waals surface area contributed by atoms with Gasteiger partial charge in [0.05, 0.1) is 22.9 Å². The highest BCUT2D eigenvalue weighted by Crippen LogP contribution is 2.37. The quantitative estimate of drug-likeness (QED) is 0.818. The maximum atomic E-state index is 6.20. The lowest BCUT2D eigenvalue weighted by Crippen LogP contribution is -2.41. The summed E-state index contributed by atoms with van der Waals surface area (Å²) < 4.78 is 14.5. The highest BCUT2D eigenvalue weighted by molar-refractivity contribution is 6.65. The molecular weight excluding hydrogens is 275 g/mol. The van der Waals surface area contributed by atoms with Crippen molar-refractivity contribution in [1.82, 2.24) is 9.78 Å². The van der Waals surface area contributed by atoms with Gasteiger partial charge in [-0.05, 0) is 58.0 Å². The van der Waals surface area contributed by atoms with E-state index in [4.69, 9.17) is 9.31 Å². The maximum absolute atomic E-state index is 6.20. The van der Waals surface area contributed by atoms with E-state index in [2.05, 4.69) is 55.7 Å². The number of benzene rings is 1. The van der Waals surface area contributed by atoms with Crippen molar-refractivity contribution in [2.75, 3.05) is 0 Å². The van der Waals surface area contributed by atoms with Crippen molar-refractivity contribution in [1.29, 1.82) is 0 Å². The van der Waals surface area contributed by atoms with Crippen LogP contribution < -0.4 is 5.46 Å². The molecule has 2 aliphatic rings. The first-order valence-corrected chi connectivity index (χ1v) is 8.17. The van der Waals surface area contributed by atoms with E-state index in [-0.39, 0.29) is 18.3 Å². The third-order valence-corrected chi connectivity index (χ3v) is 5.36. The smallest absolute Gasteiger partial charge is 0.399 e. The Morgan fingerprint density at radius 1 is 1.18 bits per heavy atom. The Balaban J connectivity index is 1.72. The summed E-state index contributed by atoms with van der Waals surface area (Å²) in [6.45, 7) is 9.37. The molecule has 2 heterocycles. The molecule has 0 amide bonds. The molecule has 1 aromatic carbocycles. The minimum atomic E-state index is -0.327. The van der Waals surface area contributed by atoms with Gasteiger partial charge in [0.2, 0.25) is 0 Å². The summed E-state index contributed by atoms with van der Waals surface area (Å²) >= 11 is 0. The van der Waals surface area contributed by atoms with Crippen LogP contribution in [0.2, 0.25) is 0 Å². The van der Waals surface area contributed by atoms with Crippen LogP contribution in [0.1, 0.15) is 40.5 Å². The summed E-state index contributed by atoms with van der Waals surface area (Å²) in [5, 5.41) is 5.73. The minimum absolute atomic E-state index is 0.316. The molecule has 0 atom stereocenters. The zero-order valence-corrected chi connectivity index (χ0v) is 13.8. The van der Waals surface area contributed by atoms with Crippen LogP contribution in [0.25, 0.3) is 10.9 Å². The molecular formula is C17H23BN2O2. The van der Waals surface area contributed by atoms with Crippen molar-refractivity contribution in [3.05, 3.63) is 24.4 Å². The van der Waals surface area contributed by atoms with Gasteiger partial charge in [0, 0.05) is 11.9 Å². The SMILES string of the molecule is CC1(C)OB(c2cccc3c2cnn3CC2CC2)OC1(C)C. The first-order valence-electron chi connectivity index (χ1n) is 8.17. The number of aromatic nitrogens is 2. The molecule has 1 saturated heterocycles.